The van der Waals surface area contributed by atoms with E-state index < -0.39 is 90.1 Å². The van der Waals surface area contributed by atoms with Crippen LogP contribution in [0.5, 0.6) is 5.75 Å². The lowest BCUT2D eigenvalue weighted by Gasteiger charge is -2.31. The van der Waals surface area contributed by atoms with E-state index in [-0.39, 0.29) is 55.9 Å². The molecule has 1 aliphatic rings. The lowest BCUT2D eigenvalue weighted by Crippen LogP contribution is -2.61. The number of nitrogens with one attached hydrogen (secondary N) is 5. The maximum absolute atomic E-state index is 14.1. The van der Waals surface area contributed by atoms with Crippen LogP contribution in [0.1, 0.15) is 79.2 Å². The Bertz CT molecular complexity index is 1740. The molecule has 1 heterocycles. The van der Waals surface area contributed by atoms with E-state index in [0.29, 0.717) is 37.9 Å². The number of amides is 6. The molecule has 0 aliphatic carbocycles. The Morgan fingerprint density at radius 3 is 1.94 bits per heavy atom. The van der Waals surface area contributed by atoms with Gasteiger partial charge in [-0.15, -0.1) is 0 Å². The third-order valence-electron chi connectivity index (χ3n) is 9.19. The van der Waals surface area contributed by atoms with Crippen molar-refractivity contribution in [3.8, 4) is 5.75 Å². The smallest absolute Gasteiger partial charge is 0.490 e. The molecule has 1 aliphatic heterocycles. The highest BCUT2D eigenvalue weighted by Crippen LogP contribution is 2.21. The number of carbonyl (C=O) groups excluding carboxylic acids is 6. The molecule has 1 aromatic carbocycles. The van der Waals surface area contributed by atoms with E-state index >= 15 is 0 Å². The van der Waals surface area contributed by atoms with Gasteiger partial charge in [-0.05, 0) is 83.4 Å². The number of aromatic hydroxyl groups is 1. The number of carboxylic acid groups (broad SMARTS) is 1. The highest BCUT2D eigenvalue weighted by molar-refractivity contribution is 5.97. The first-order chi connectivity index (χ1) is 29.7. The molecule has 21 nitrogen and oxygen atoms in total. The van der Waals surface area contributed by atoms with Crippen molar-refractivity contribution in [2.24, 2.45) is 28.1 Å². The van der Waals surface area contributed by atoms with E-state index in [1.54, 1.807) is 39.8 Å². The van der Waals surface area contributed by atoms with Gasteiger partial charge >= 0.3 is 12.1 Å². The Morgan fingerprint density at radius 1 is 0.891 bits per heavy atom. The summed E-state index contributed by atoms with van der Waals surface area (Å²) >= 11 is 0. The largest absolute Gasteiger partial charge is 0.508 e. The van der Waals surface area contributed by atoms with E-state index in [9.17, 15) is 52.2 Å². The summed E-state index contributed by atoms with van der Waals surface area (Å²) in [5, 5.41) is 39.7. The number of aliphatic hydroxyl groups excluding tert-OH is 1. The van der Waals surface area contributed by atoms with Crippen LogP contribution in [-0.2, 0) is 44.7 Å². The number of carboxylic acids is 1. The highest BCUT2D eigenvalue weighted by Gasteiger charge is 2.40. The number of carbonyl (C=O) groups is 7. The molecule has 362 valence electrons. The van der Waals surface area contributed by atoms with Gasteiger partial charge in [-0.2, -0.15) is 13.2 Å². The summed E-state index contributed by atoms with van der Waals surface area (Å²) in [4.78, 5) is 95.8. The van der Waals surface area contributed by atoms with Crippen molar-refractivity contribution in [3.63, 3.8) is 0 Å². The second-order valence-corrected chi connectivity index (χ2v) is 16.3. The van der Waals surface area contributed by atoms with Gasteiger partial charge in [-0.25, -0.2) is 4.79 Å². The average Bonchev–Trinajstić information content (AvgIpc) is 3.70. The van der Waals surface area contributed by atoms with E-state index in [2.05, 4.69) is 31.6 Å². The fourth-order valence-electron chi connectivity index (χ4n) is 6.03. The van der Waals surface area contributed by atoms with Gasteiger partial charge < -0.3 is 68.7 Å². The van der Waals surface area contributed by atoms with Crippen LogP contribution >= 0.6 is 0 Å². The maximum atomic E-state index is 14.1. The van der Waals surface area contributed by atoms with Crippen LogP contribution in [0.3, 0.4) is 0 Å². The normalized spacial score (nSPS) is 16.1. The summed E-state index contributed by atoms with van der Waals surface area (Å²) in [6, 6.07) is -1.00. The number of hydrogen-bond donors (Lipinski definition) is 11. The number of rotatable bonds is 22. The van der Waals surface area contributed by atoms with Crippen LogP contribution in [0.25, 0.3) is 0 Å². The van der Waals surface area contributed by atoms with Crippen LogP contribution in [0.2, 0.25) is 0 Å². The number of nitrogens with zero attached hydrogens (tertiary/aromatic N) is 2. The topological polar surface area (TPSA) is 343 Å². The van der Waals surface area contributed by atoms with Gasteiger partial charge in [0, 0.05) is 26.1 Å². The van der Waals surface area contributed by atoms with Crippen molar-refractivity contribution in [2.45, 2.75) is 128 Å². The lowest BCUT2D eigenvalue weighted by molar-refractivity contribution is -0.192. The number of ether oxygens (including phenoxy) is 1. The van der Waals surface area contributed by atoms with Crippen LogP contribution in [0.15, 0.2) is 29.3 Å². The third-order valence-corrected chi connectivity index (χ3v) is 9.19. The van der Waals surface area contributed by atoms with E-state index in [4.69, 9.17) is 31.8 Å². The zero-order valence-corrected chi connectivity index (χ0v) is 37.0. The number of aliphatic imine (C=N–C) groups is 1. The molecule has 1 fully saturated rings. The number of halogens is 3. The number of phenolic OH excluding ortho intramolecular Hbond substituents is 1. The summed E-state index contributed by atoms with van der Waals surface area (Å²) in [6.07, 6.45) is -3.48. The number of aliphatic hydroxyl groups is 1. The Kier molecular flexibility index (Phi) is 23.5. The molecule has 2 rings (SSSR count). The number of guanidine groups is 1. The average molecular weight is 919 g/mol. The van der Waals surface area contributed by atoms with Gasteiger partial charge in [0.25, 0.3) is 0 Å². The first-order valence-corrected chi connectivity index (χ1v) is 20.6. The second-order valence-electron chi connectivity index (χ2n) is 16.3. The van der Waals surface area contributed by atoms with Gasteiger partial charge in [0.2, 0.25) is 35.4 Å². The van der Waals surface area contributed by atoms with Gasteiger partial charge in [0.05, 0.1) is 18.8 Å². The Morgan fingerprint density at radius 2 is 1.42 bits per heavy atom. The second kappa shape index (κ2) is 26.8. The Labute approximate surface area is 369 Å². The third kappa shape index (κ3) is 21.1. The number of likely N-dealkylation sites (N-methyl/N-ethyl adjacent to an activating group) is 1. The monoisotopic (exact) mass is 918 g/mol. The Hall–Kier alpha value is -5.75. The van der Waals surface area contributed by atoms with Crippen molar-refractivity contribution in [1.82, 2.24) is 31.5 Å². The Balaban J connectivity index is 0.00000269. The maximum Gasteiger partial charge on any atom is 0.490 e. The highest BCUT2D eigenvalue weighted by atomic mass is 19.4. The standard InChI is InChI=1S/C38H64N10O9.C2HF3O2/c1-7-42-35(55)30-11-9-17-48(30)36(56)26(10-8-16-43-37(40)41)44-32(52)27(18-22(2)3)46-34(54)29(21-57-38(4,5)6)47-33(53)28(45-31(51)25(39)20-49)19-23-12-14-24(50)15-13-23;3-2(4,5)1(6)7/h12-15,22,25-30,49-50H,7-11,16-21,39H2,1-6H3,(H,42,55)(H,44,52)(H,45,51)(H,46,54)(H,47,53)(H4,40,41,43);(H,6,7)/t25-,26-,27-,28-,29+,30-;/m0./s1. The van der Waals surface area contributed by atoms with Gasteiger partial charge in [0.1, 0.15) is 42.0 Å². The number of phenols is 1. The molecule has 14 N–H and O–H groups in total. The van der Waals surface area contributed by atoms with Crippen LogP contribution < -0.4 is 43.8 Å². The zero-order chi connectivity index (χ0) is 48.9. The van der Waals surface area contributed by atoms with Crippen molar-refractivity contribution < 1.29 is 66.8 Å². The molecule has 0 radical (unpaired) electrons. The van der Waals surface area contributed by atoms with Crippen molar-refractivity contribution in [2.75, 3.05) is 32.8 Å². The molecule has 0 aromatic heterocycles. The van der Waals surface area contributed by atoms with Crippen LogP contribution in [0, 0.1) is 5.92 Å². The van der Waals surface area contributed by atoms with Crippen molar-refractivity contribution >= 4 is 47.4 Å². The van der Waals surface area contributed by atoms with Crippen molar-refractivity contribution in [1.29, 1.82) is 0 Å². The molecular formula is C40H65F3N10O11. The molecule has 1 saturated heterocycles. The molecule has 64 heavy (non-hydrogen) atoms. The fourth-order valence-corrected chi connectivity index (χ4v) is 6.03. The molecule has 24 heteroatoms. The minimum atomic E-state index is -5.08. The minimum Gasteiger partial charge on any atom is -0.508 e. The molecule has 0 spiro atoms. The number of aliphatic carboxylic acids is 1. The van der Waals surface area contributed by atoms with Crippen LogP contribution in [-0.4, -0.2) is 148 Å². The van der Waals surface area contributed by atoms with E-state index in [1.165, 1.54) is 17.0 Å². The van der Waals surface area contributed by atoms with Crippen LogP contribution in [0.4, 0.5) is 13.2 Å². The number of benzene rings is 1. The molecule has 6 atom stereocenters. The number of hydrogen-bond acceptors (Lipinski definition) is 12. The summed E-state index contributed by atoms with van der Waals surface area (Å²) < 4.78 is 37.6. The fraction of sp³-hybridized carbons (Fsp3) is 0.650. The molecule has 0 unspecified atom stereocenters. The minimum absolute atomic E-state index is 0.0108. The van der Waals surface area contributed by atoms with Gasteiger partial charge in [-0.3, -0.25) is 33.8 Å². The first-order valence-electron chi connectivity index (χ1n) is 20.6. The summed E-state index contributed by atoms with van der Waals surface area (Å²) in [5.74, 6) is -6.79. The number of alkyl halides is 3. The quantitative estimate of drug-likeness (QED) is 0.0373. The predicted octanol–water partition coefficient (Wildman–Crippen LogP) is -1.13. The number of nitrogens with two attached hydrogens (primary N) is 3. The summed E-state index contributed by atoms with van der Waals surface area (Å²) in [7, 11) is 0. The lowest BCUT2D eigenvalue weighted by atomic mass is 10.0. The molecule has 0 bridgehead atoms. The molecular weight excluding hydrogens is 853 g/mol. The summed E-state index contributed by atoms with van der Waals surface area (Å²) in [5.41, 5.74) is 16.5. The molecule has 1 aromatic rings. The molecule has 6 amide bonds. The van der Waals surface area contributed by atoms with Gasteiger partial charge in [0.15, 0.2) is 5.96 Å². The SMILES string of the molecule is CCNC(=O)[C@@H]1CCCN1C(=O)[C@H](CCCN=C(N)N)NC(=O)[C@H](CC(C)C)NC(=O)[C@@H](COC(C)(C)C)NC(=O)[C@H](Cc1ccc(O)cc1)NC(=O)[C@@H](N)CO.O=C(O)C(F)(F)F. The van der Waals surface area contributed by atoms with E-state index in [0.717, 1.165) is 0 Å². The van der Waals surface area contributed by atoms with Crippen molar-refractivity contribution in [3.05, 3.63) is 29.8 Å². The zero-order valence-electron chi connectivity index (χ0n) is 37.0. The molecule has 0 saturated carbocycles. The predicted molar refractivity (Wildman–Crippen MR) is 227 cm³/mol. The first kappa shape index (κ1) is 56.3. The number of likely N-dealkylation sites (tertiary alicyclic amines) is 1. The van der Waals surface area contributed by atoms with E-state index in [1.807, 2.05) is 13.8 Å². The van der Waals surface area contributed by atoms with Gasteiger partial charge in [-0.1, -0.05) is 26.0 Å². The summed E-state index contributed by atoms with van der Waals surface area (Å²) in [6.45, 7) is 10.6.